The molecule has 1 aliphatic heterocycles. The van der Waals surface area contributed by atoms with Crippen LogP contribution in [0.4, 0.5) is 0 Å². The number of rotatable bonds is 0. The Hall–Kier alpha value is -0.820. The van der Waals surface area contributed by atoms with Crippen molar-refractivity contribution in [2.24, 2.45) is 4.99 Å². The van der Waals surface area contributed by atoms with Gasteiger partial charge in [-0.15, -0.1) is 12.4 Å². The van der Waals surface area contributed by atoms with Crippen LogP contribution in [-0.2, 0) is 6.42 Å². The number of hydrogen-bond donors (Lipinski definition) is 0. The van der Waals surface area contributed by atoms with Gasteiger partial charge in [-0.1, -0.05) is 24.3 Å². The molecule has 64 valence electrons. The van der Waals surface area contributed by atoms with Gasteiger partial charge in [0.1, 0.15) is 0 Å². The summed E-state index contributed by atoms with van der Waals surface area (Å²) < 4.78 is 0. The van der Waals surface area contributed by atoms with Crippen LogP contribution in [0.1, 0.15) is 18.1 Å². The largest absolute Gasteiger partial charge is 0.289 e. The second-order valence-corrected chi connectivity index (χ2v) is 2.87. The Balaban J connectivity index is 0.000000720. The maximum absolute atomic E-state index is 4.39. The van der Waals surface area contributed by atoms with Crippen molar-refractivity contribution in [2.45, 2.75) is 13.3 Å². The minimum atomic E-state index is 0. The van der Waals surface area contributed by atoms with Gasteiger partial charge in [0.15, 0.2) is 0 Å². The normalized spacial score (nSPS) is 14.2. The average molecular weight is 182 g/mol. The fourth-order valence-corrected chi connectivity index (χ4v) is 1.52. The third kappa shape index (κ3) is 1.51. The van der Waals surface area contributed by atoms with Gasteiger partial charge >= 0.3 is 0 Å². The Bertz CT molecular complexity index is 304. The van der Waals surface area contributed by atoms with E-state index in [-0.39, 0.29) is 12.4 Å². The van der Waals surface area contributed by atoms with E-state index in [0.717, 1.165) is 13.0 Å². The standard InChI is InChI=1S/C10H11N.ClH/c1-8-10-5-3-2-4-9(10)6-7-11-8;/h2-5H,6-7H2,1H3;1H. The highest BCUT2D eigenvalue weighted by Gasteiger charge is 2.07. The van der Waals surface area contributed by atoms with Gasteiger partial charge in [0.2, 0.25) is 0 Å². The molecule has 1 aromatic carbocycles. The lowest BCUT2D eigenvalue weighted by Gasteiger charge is -2.12. The van der Waals surface area contributed by atoms with Gasteiger partial charge in [0.25, 0.3) is 0 Å². The zero-order chi connectivity index (χ0) is 7.68. The van der Waals surface area contributed by atoms with Crippen LogP contribution in [-0.4, -0.2) is 12.3 Å². The number of nitrogens with zero attached hydrogens (tertiary/aromatic N) is 1. The molecule has 0 aromatic heterocycles. The summed E-state index contributed by atoms with van der Waals surface area (Å²) in [5, 5.41) is 0. The molecule has 1 heterocycles. The van der Waals surface area contributed by atoms with Crippen molar-refractivity contribution in [3.63, 3.8) is 0 Å². The molecule has 12 heavy (non-hydrogen) atoms. The number of hydrogen-bond acceptors (Lipinski definition) is 1. The highest BCUT2D eigenvalue weighted by atomic mass is 35.5. The van der Waals surface area contributed by atoms with Crippen LogP contribution in [0.15, 0.2) is 29.3 Å². The highest BCUT2D eigenvalue weighted by Crippen LogP contribution is 2.14. The van der Waals surface area contributed by atoms with E-state index < -0.39 is 0 Å². The molecule has 0 atom stereocenters. The van der Waals surface area contributed by atoms with Crippen molar-refractivity contribution in [1.82, 2.24) is 0 Å². The predicted octanol–water partition coefficient (Wildman–Crippen LogP) is 2.47. The minimum absolute atomic E-state index is 0. The zero-order valence-corrected chi connectivity index (χ0v) is 7.90. The van der Waals surface area contributed by atoms with Crippen LogP contribution in [0.3, 0.4) is 0 Å². The van der Waals surface area contributed by atoms with Gasteiger partial charge in [0.05, 0.1) is 0 Å². The first kappa shape index (κ1) is 9.27. The van der Waals surface area contributed by atoms with Crippen LogP contribution in [0.25, 0.3) is 0 Å². The maximum atomic E-state index is 4.39. The third-order valence-electron chi connectivity index (χ3n) is 2.14. The molecule has 0 saturated heterocycles. The third-order valence-corrected chi connectivity index (χ3v) is 2.14. The molecule has 0 amide bonds. The van der Waals surface area contributed by atoms with Crippen molar-refractivity contribution in [2.75, 3.05) is 6.54 Å². The van der Waals surface area contributed by atoms with E-state index in [4.69, 9.17) is 0 Å². The predicted molar refractivity (Wildman–Crippen MR) is 54.5 cm³/mol. The van der Waals surface area contributed by atoms with Crippen LogP contribution >= 0.6 is 12.4 Å². The van der Waals surface area contributed by atoms with E-state index in [1.807, 2.05) is 0 Å². The van der Waals surface area contributed by atoms with Crippen molar-refractivity contribution >= 4 is 18.1 Å². The number of aliphatic imine (C=N–C) groups is 1. The quantitative estimate of drug-likeness (QED) is 0.583. The van der Waals surface area contributed by atoms with Crippen LogP contribution in [0.5, 0.6) is 0 Å². The molecular formula is C10H12ClN. The van der Waals surface area contributed by atoms with Crippen LogP contribution in [0.2, 0.25) is 0 Å². The van der Waals surface area contributed by atoms with E-state index in [1.54, 1.807) is 0 Å². The van der Waals surface area contributed by atoms with Crippen molar-refractivity contribution < 1.29 is 0 Å². The summed E-state index contributed by atoms with van der Waals surface area (Å²) in [6.45, 7) is 3.04. The maximum Gasteiger partial charge on any atom is 0.0433 e. The van der Waals surface area contributed by atoms with E-state index in [2.05, 4.69) is 36.2 Å². The molecule has 0 spiro atoms. The van der Waals surface area contributed by atoms with E-state index in [1.165, 1.54) is 16.8 Å². The van der Waals surface area contributed by atoms with E-state index in [0.29, 0.717) is 0 Å². The van der Waals surface area contributed by atoms with Crippen molar-refractivity contribution in [3.05, 3.63) is 35.4 Å². The zero-order valence-electron chi connectivity index (χ0n) is 7.08. The van der Waals surface area contributed by atoms with E-state index >= 15 is 0 Å². The lowest BCUT2D eigenvalue weighted by molar-refractivity contribution is 0.942. The molecule has 1 aromatic rings. The van der Waals surface area contributed by atoms with Crippen molar-refractivity contribution in [3.8, 4) is 0 Å². The number of benzene rings is 1. The molecule has 0 unspecified atom stereocenters. The molecular weight excluding hydrogens is 170 g/mol. The summed E-state index contributed by atoms with van der Waals surface area (Å²) in [6.07, 6.45) is 1.10. The molecule has 0 aliphatic carbocycles. The summed E-state index contributed by atoms with van der Waals surface area (Å²) >= 11 is 0. The lowest BCUT2D eigenvalue weighted by atomic mass is 9.99. The van der Waals surface area contributed by atoms with Gasteiger partial charge in [-0.3, -0.25) is 4.99 Å². The lowest BCUT2D eigenvalue weighted by Crippen LogP contribution is -2.08. The SMILES string of the molecule is CC1=NCCc2ccccc21.Cl. The molecule has 0 fully saturated rings. The van der Waals surface area contributed by atoms with E-state index in [9.17, 15) is 0 Å². The Morgan fingerprint density at radius 1 is 1.25 bits per heavy atom. The molecule has 2 heteroatoms. The average Bonchev–Trinajstić information content (AvgIpc) is 2.06. The second kappa shape index (κ2) is 3.72. The summed E-state index contributed by atoms with van der Waals surface area (Å²) in [5.74, 6) is 0. The summed E-state index contributed by atoms with van der Waals surface area (Å²) in [7, 11) is 0. The fourth-order valence-electron chi connectivity index (χ4n) is 1.52. The molecule has 0 radical (unpaired) electrons. The topological polar surface area (TPSA) is 12.4 Å². The number of halogens is 1. The Morgan fingerprint density at radius 2 is 2.00 bits per heavy atom. The molecule has 1 nitrogen and oxygen atoms in total. The van der Waals surface area contributed by atoms with Gasteiger partial charge in [-0.05, 0) is 24.5 Å². The van der Waals surface area contributed by atoms with Gasteiger partial charge in [-0.2, -0.15) is 0 Å². The van der Waals surface area contributed by atoms with Gasteiger partial charge < -0.3 is 0 Å². The van der Waals surface area contributed by atoms with Gasteiger partial charge in [0, 0.05) is 12.3 Å². The number of fused-ring (bicyclic) bond motifs is 1. The second-order valence-electron chi connectivity index (χ2n) is 2.87. The Kier molecular flexibility index (Phi) is 2.88. The minimum Gasteiger partial charge on any atom is -0.289 e. The summed E-state index contributed by atoms with van der Waals surface area (Å²) in [6, 6.07) is 8.50. The Labute approximate surface area is 78.9 Å². The monoisotopic (exact) mass is 181 g/mol. The van der Waals surface area contributed by atoms with Crippen LogP contribution in [0, 0.1) is 0 Å². The molecule has 1 aliphatic rings. The molecule has 2 rings (SSSR count). The molecule has 0 bridgehead atoms. The smallest absolute Gasteiger partial charge is 0.0433 e. The first-order chi connectivity index (χ1) is 5.38. The van der Waals surface area contributed by atoms with Crippen LogP contribution < -0.4 is 0 Å². The summed E-state index contributed by atoms with van der Waals surface area (Å²) in [5.41, 5.74) is 3.96. The molecule has 0 saturated carbocycles. The first-order valence-corrected chi connectivity index (χ1v) is 3.97. The first-order valence-electron chi connectivity index (χ1n) is 3.97. The molecule has 0 N–H and O–H groups in total. The van der Waals surface area contributed by atoms with Gasteiger partial charge in [-0.25, -0.2) is 0 Å². The summed E-state index contributed by atoms with van der Waals surface area (Å²) in [4.78, 5) is 4.39. The highest BCUT2D eigenvalue weighted by molar-refractivity contribution is 6.00. The fraction of sp³-hybridized carbons (Fsp3) is 0.300. The Morgan fingerprint density at radius 3 is 2.75 bits per heavy atom. The van der Waals surface area contributed by atoms with Crippen molar-refractivity contribution in [1.29, 1.82) is 0 Å².